The fourth-order valence-electron chi connectivity index (χ4n) is 0.752. The van der Waals surface area contributed by atoms with Gasteiger partial charge in [-0.2, -0.15) is 4.40 Å². The van der Waals surface area contributed by atoms with Crippen molar-refractivity contribution in [3.8, 4) is 0 Å². The highest BCUT2D eigenvalue weighted by atomic mass is 79.9. The van der Waals surface area contributed by atoms with Crippen LogP contribution < -0.4 is 0 Å². The molecule has 0 aliphatic carbocycles. The van der Waals surface area contributed by atoms with Crippen molar-refractivity contribution < 1.29 is 4.21 Å². The lowest BCUT2D eigenvalue weighted by molar-refractivity contribution is 0.651. The third-order valence-electron chi connectivity index (χ3n) is 1.55. The molecule has 0 aliphatic rings. The van der Waals surface area contributed by atoms with Crippen LogP contribution in [0.25, 0.3) is 0 Å². The van der Waals surface area contributed by atoms with E-state index in [1.165, 1.54) is 6.21 Å². The molecule has 0 unspecified atom stereocenters. The van der Waals surface area contributed by atoms with Gasteiger partial charge >= 0.3 is 0 Å². The smallest absolute Gasteiger partial charge is 0.144 e. The van der Waals surface area contributed by atoms with Crippen molar-refractivity contribution in [1.29, 1.82) is 0 Å². The molecule has 1 aromatic rings. The van der Waals surface area contributed by atoms with E-state index in [9.17, 15) is 4.21 Å². The minimum absolute atomic E-state index is 0.331. The number of halogens is 1. The molecule has 15 heavy (non-hydrogen) atoms. The van der Waals surface area contributed by atoms with Crippen molar-refractivity contribution in [2.45, 2.75) is 25.5 Å². The van der Waals surface area contributed by atoms with Gasteiger partial charge in [0.05, 0.1) is 16.7 Å². The summed E-state index contributed by atoms with van der Waals surface area (Å²) in [5.41, 5.74) is 0.696. The van der Waals surface area contributed by atoms with Crippen molar-refractivity contribution in [3.63, 3.8) is 0 Å². The first-order valence-corrected chi connectivity index (χ1v) is 6.37. The van der Waals surface area contributed by atoms with Crippen LogP contribution in [0, 0.1) is 0 Å². The number of aromatic nitrogens is 1. The lowest BCUT2D eigenvalue weighted by atomic mass is 10.3. The molecule has 1 aromatic heterocycles. The molecule has 0 fully saturated rings. The number of hydrogen-bond donors (Lipinski definition) is 0. The van der Waals surface area contributed by atoms with Gasteiger partial charge in [-0.05, 0) is 32.9 Å². The highest BCUT2D eigenvalue weighted by Crippen LogP contribution is 2.12. The minimum atomic E-state index is -1.23. The maximum atomic E-state index is 11.6. The van der Waals surface area contributed by atoms with E-state index in [0.29, 0.717) is 5.69 Å². The molecule has 3 nitrogen and oxygen atoms in total. The summed E-state index contributed by atoms with van der Waals surface area (Å²) >= 11 is 3.33. The summed E-state index contributed by atoms with van der Waals surface area (Å²) in [7, 11) is -1.23. The highest BCUT2D eigenvalue weighted by molar-refractivity contribution is 9.10. The van der Waals surface area contributed by atoms with Crippen LogP contribution in [0.15, 0.2) is 27.2 Å². The van der Waals surface area contributed by atoms with Crippen LogP contribution in [0.5, 0.6) is 0 Å². The SMILES string of the molecule is CC(C)(C)[S@@](=O)/N=C/c1cc(Br)ccn1. The Labute approximate surface area is 101 Å². The van der Waals surface area contributed by atoms with Crippen LogP contribution >= 0.6 is 15.9 Å². The summed E-state index contributed by atoms with van der Waals surface area (Å²) in [5, 5.41) is 0. The Kier molecular flexibility index (Phi) is 4.16. The zero-order valence-electron chi connectivity index (χ0n) is 8.90. The Bertz CT molecular complexity index is 399. The Balaban J connectivity index is 2.79. The molecule has 82 valence electrons. The van der Waals surface area contributed by atoms with Gasteiger partial charge in [0.25, 0.3) is 0 Å². The van der Waals surface area contributed by atoms with Gasteiger partial charge in [-0.25, -0.2) is 4.21 Å². The molecule has 0 N–H and O–H groups in total. The second kappa shape index (κ2) is 4.99. The molecule has 0 radical (unpaired) electrons. The fourth-order valence-corrected chi connectivity index (χ4v) is 1.62. The lowest BCUT2D eigenvalue weighted by Gasteiger charge is -2.12. The molecule has 1 heterocycles. The van der Waals surface area contributed by atoms with Crippen molar-refractivity contribution in [3.05, 3.63) is 28.5 Å². The quantitative estimate of drug-likeness (QED) is 0.786. The molecular formula is C10H13BrN2OS. The van der Waals surface area contributed by atoms with E-state index in [1.807, 2.05) is 32.9 Å². The third kappa shape index (κ3) is 4.22. The third-order valence-corrected chi connectivity index (χ3v) is 3.39. The van der Waals surface area contributed by atoms with E-state index in [-0.39, 0.29) is 4.75 Å². The summed E-state index contributed by atoms with van der Waals surface area (Å²) < 4.78 is 16.2. The molecule has 1 atom stereocenters. The molecular weight excluding hydrogens is 276 g/mol. The van der Waals surface area contributed by atoms with Crippen molar-refractivity contribution in [2.75, 3.05) is 0 Å². The molecule has 0 saturated carbocycles. The normalized spacial score (nSPS) is 14.4. The van der Waals surface area contributed by atoms with Crippen molar-refractivity contribution in [1.82, 2.24) is 4.98 Å². The largest absolute Gasteiger partial charge is 0.255 e. The Morgan fingerprint density at radius 2 is 2.20 bits per heavy atom. The summed E-state index contributed by atoms with van der Waals surface area (Å²) in [6.45, 7) is 5.65. The van der Waals surface area contributed by atoms with Gasteiger partial charge in [0.15, 0.2) is 0 Å². The molecule has 0 aliphatic heterocycles. The van der Waals surface area contributed by atoms with Gasteiger partial charge in [-0.1, -0.05) is 15.9 Å². The minimum Gasteiger partial charge on any atom is -0.255 e. The second-order valence-electron chi connectivity index (χ2n) is 3.99. The molecule has 0 spiro atoms. The average Bonchev–Trinajstić information content (AvgIpc) is 2.12. The van der Waals surface area contributed by atoms with Crippen LogP contribution in [0.3, 0.4) is 0 Å². The first-order chi connectivity index (χ1) is 6.89. The van der Waals surface area contributed by atoms with Crippen LogP contribution in [0.4, 0.5) is 0 Å². The summed E-state index contributed by atoms with van der Waals surface area (Å²) in [5.74, 6) is 0. The second-order valence-corrected chi connectivity index (χ2v) is 6.84. The first-order valence-electron chi connectivity index (χ1n) is 4.47. The van der Waals surface area contributed by atoms with Crippen LogP contribution in [0.2, 0.25) is 0 Å². The van der Waals surface area contributed by atoms with E-state index in [2.05, 4.69) is 25.3 Å². The van der Waals surface area contributed by atoms with E-state index in [0.717, 1.165) is 4.47 Å². The van der Waals surface area contributed by atoms with Crippen LogP contribution in [-0.2, 0) is 11.0 Å². The number of hydrogen-bond acceptors (Lipinski definition) is 2. The predicted molar refractivity (Wildman–Crippen MR) is 67.4 cm³/mol. The van der Waals surface area contributed by atoms with Gasteiger partial charge in [0, 0.05) is 10.7 Å². The number of nitrogens with zero attached hydrogens (tertiary/aromatic N) is 2. The summed E-state index contributed by atoms with van der Waals surface area (Å²) in [6, 6.07) is 3.65. The molecule has 5 heteroatoms. The number of pyridine rings is 1. The van der Waals surface area contributed by atoms with Crippen molar-refractivity contribution >= 4 is 33.1 Å². The van der Waals surface area contributed by atoms with Gasteiger partial charge in [-0.15, -0.1) is 0 Å². The maximum Gasteiger partial charge on any atom is 0.144 e. The highest BCUT2D eigenvalue weighted by Gasteiger charge is 2.18. The van der Waals surface area contributed by atoms with Crippen LogP contribution in [0.1, 0.15) is 26.5 Å². The van der Waals surface area contributed by atoms with Gasteiger partial charge in [0.1, 0.15) is 11.0 Å². The Morgan fingerprint density at radius 1 is 1.53 bits per heavy atom. The monoisotopic (exact) mass is 288 g/mol. The Hall–Kier alpha value is -0.550. The number of rotatable bonds is 2. The topological polar surface area (TPSA) is 42.3 Å². The van der Waals surface area contributed by atoms with Gasteiger partial charge in [0.2, 0.25) is 0 Å². The molecule has 0 amide bonds. The maximum absolute atomic E-state index is 11.6. The van der Waals surface area contributed by atoms with E-state index < -0.39 is 11.0 Å². The van der Waals surface area contributed by atoms with E-state index in [1.54, 1.807) is 6.20 Å². The van der Waals surface area contributed by atoms with Gasteiger partial charge < -0.3 is 0 Å². The first kappa shape index (κ1) is 12.5. The summed E-state index contributed by atoms with van der Waals surface area (Å²) in [6.07, 6.45) is 3.21. The fraction of sp³-hybridized carbons (Fsp3) is 0.400. The van der Waals surface area contributed by atoms with Crippen LogP contribution in [-0.4, -0.2) is 20.2 Å². The van der Waals surface area contributed by atoms with Gasteiger partial charge in [-0.3, -0.25) is 4.98 Å². The van der Waals surface area contributed by atoms with Crippen molar-refractivity contribution in [2.24, 2.45) is 4.40 Å². The van der Waals surface area contributed by atoms with E-state index >= 15 is 0 Å². The predicted octanol–water partition coefficient (Wildman–Crippen LogP) is 2.73. The zero-order valence-corrected chi connectivity index (χ0v) is 11.3. The molecule has 0 bridgehead atoms. The zero-order chi connectivity index (χ0) is 11.5. The lowest BCUT2D eigenvalue weighted by Crippen LogP contribution is -2.19. The average molecular weight is 289 g/mol. The molecule has 1 rings (SSSR count). The molecule has 0 saturated heterocycles. The molecule has 0 aromatic carbocycles. The summed E-state index contributed by atoms with van der Waals surface area (Å²) in [4.78, 5) is 4.08. The Morgan fingerprint density at radius 3 is 2.73 bits per heavy atom. The van der Waals surface area contributed by atoms with E-state index in [4.69, 9.17) is 0 Å². The standard InChI is InChI=1S/C10H13BrN2OS/c1-10(2,3)15(14)13-7-9-6-8(11)4-5-12-9/h4-7H,1-3H3/b13-7+/t15-/m1/s1.